The molecule has 1 amide bonds. The third kappa shape index (κ3) is 6.20. The van der Waals surface area contributed by atoms with Gasteiger partial charge in [0, 0.05) is 22.6 Å². The van der Waals surface area contributed by atoms with Crippen molar-refractivity contribution in [3.8, 4) is 0 Å². The molecule has 5 nitrogen and oxygen atoms in total. The summed E-state index contributed by atoms with van der Waals surface area (Å²) in [7, 11) is -4.14. The highest BCUT2D eigenvalue weighted by Crippen LogP contribution is 2.30. The molecule has 1 N–H and O–H groups in total. The third-order valence-corrected chi connectivity index (χ3v) is 7.66. The maximum absolute atomic E-state index is 14.5. The van der Waals surface area contributed by atoms with E-state index in [9.17, 15) is 17.6 Å². The molecule has 0 fully saturated rings. The first-order chi connectivity index (χ1) is 15.7. The lowest BCUT2D eigenvalue weighted by molar-refractivity contribution is -0.125. The van der Waals surface area contributed by atoms with Crippen LogP contribution in [0.4, 0.5) is 4.39 Å². The Labute approximate surface area is 206 Å². The van der Waals surface area contributed by atoms with Crippen LogP contribution < -0.4 is 5.32 Å². The lowest BCUT2D eigenvalue weighted by Crippen LogP contribution is -2.44. The van der Waals surface area contributed by atoms with E-state index in [-0.39, 0.29) is 17.9 Å². The van der Waals surface area contributed by atoms with Crippen LogP contribution in [0.3, 0.4) is 0 Å². The Morgan fingerprint density at radius 2 is 1.76 bits per heavy atom. The number of carbonyl (C=O) groups is 1. The minimum atomic E-state index is -4.14. The van der Waals surface area contributed by atoms with Gasteiger partial charge >= 0.3 is 0 Å². The fraction of sp³-hybridized carbons (Fsp3) is 0.208. The van der Waals surface area contributed by atoms with Crippen molar-refractivity contribution in [2.24, 2.45) is 0 Å². The van der Waals surface area contributed by atoms with Crippen LogP contribution in [0, 0.1) is 5.82 Å². The normalized spacial score (nSPS) is 12.5. The van der Waals surface area contributed by atoms with E-state index >= 15 is 0 Å². The molecular weight excluding hydrogens is 531 g/mol. The molecule has 0 unspecified atom stereocenters. The average molecular weight is 554 g/mol. The van der Waals surface area contributed by atoms with Gasteiger partial charge in [-0.05, 0) is 60.9 Å². The van der Waals surface area contributed by atoms with Gasteiger partial charge in [0.1, 0.15) is 11.9 Å². The Balaban J connectivity index is 2.09. The van der Waals surface area contributed by atoms with Crippen LogP contribution in [0.2, 0.25) is 5.02 Å². The van der Waals surface area contributed by atoms with Gasteiger partial charge in [-0.15, -0.1) is 0 Å². The molecule has 33 heavy (non-hydrogen) atoms. The van der Waals surface area contributed by atoms with E-state index in [2.05, 4.69) is 21.2 Å². The molecule has 0 saturated carbocycles. The number of nitrogens with one attached hydrogen (secondary N) is 1. The number of benzene rings is 3. The van der Waals surface area contributed by atoms with Crippen molar-refractivity contribution in [2.45, 2.75) is 24.3 Å². The van der Waals surface area contributed by atoms with Gasteiger partial charge in [-0.25, -0.2) is 12.8 Å². The minimum absolute atomic E-state index is 0.00610. The summed E-state index contributed by atoms with van der Waals surface area (Å²) >= 11 is 9.17. The van der Waals surface area contributed by atoms with Crippen molar-refractivity contribution < 1.29 is 17.6 Å². The molecule has 0 heterocycles. The molecule has 0 aliphatic heterocycles. The van der Waals surface area contributed by atoms with E-state index in [0.29, 0.717) is 27.2 Å². The summed E-state index contributed by atoms with van der Waals surface area (Å²) in [6.45, 7) is 1.98. The lowest BCUT2D eigenvalue weighted by atomic mass is 10.1. The molecule has 1 atom stereocenters. The van der Waals surface area contributed by atoms with Crippen molar-refractivity contribution in [3.63, 3.8) is 0 Å². The van der Waals surface area contributed by atoms with Gasteiger partial charge in [-0.1, -0.05) is 63.9 Å². The molecule has 0 saturated heterocycles. The Hall–Kier alpha value is -2.26. The van der Waals surface area contributed by atoms with E-state index < -0.39 is 27.8 Å². The van der Waals surface area contributed by atoms with E-state index in [1.54, 1.807) is 49.4 Å². The highest BCUT2D eigenvalue weighted by Gasteiger charge is 2.36. The molecular formula is C24H23BrClFN2O3S. The zero-order chi connectivity index (χ0) is 24.0. The van der Waals surface area contributed by atoms with Gasteiger partial charge < -0.3 is 5.32 Å². The lowest BCUT2D eigenvalue weighted by Gasteiger charge is -2.30. The second kappa shape index (κ2) is 11.2. The third-order valence-electron chi connectivity index (χ3n) is 5.04. The van der Waals surface area contributed by atoms with Crippen LogP contribution in [-0.4, -0.2) is 31.7 Å². The predicted octanol–water partition coefficient (Wildman–Crippen LogP) is 5.35. The van der Waals surface area contributed by atoms with Crippen molar-refractivity contribution in [2.75, 3.05) is 13.1 Å². The number of amides is 1. The van der Waals surface area contributed by atoms with Crippen LogP contribution in [0.1, 0.15) is 24.1 Å². The summed E-state index contributed by atoms with van der Waals surface area (Å²) in [5, 5.41) is 3.12. The van der Waals surface area contributed by atoms with E-state index in [1.807, 2.05) is 0 Å². The first kappa shape index (κ1) is 25.4. The number of hydrogen-bond acceptors (Lipinski definition) is 3. The van der Waals surface area contributed by atoms with Crippen molar-refractivity contribution in [1.29, 1.82) is 0 Å². The second-order valence-corrected chi connectivity index (χ2v) is 10.5. The molecule has 3 aromatic rings. The Morgan fingerprint density at radius 3 is 2.36 bits per heavy atom. The maximum Gasteiger partial charge on any atom is 0.244 e. The van der Waals surface area contributed by atoms with Gasteiger partial charge in [-0.3, -0.25) is 4.79 Å². The molecule has 9 heteroatoms. The summed E-state index contributed by atoms with van der Waals surface area (Å²) in [5.74, 6) is -0.917. The SMILES string of the molecule is CCNC(=O)[C@@H](c1ccccc1)N(CCc1ccc(Br)cc1F)S(=O)(=O)c1ccc(Cl)cc1. The summed E-state index contributed by atoms with van der Waals surface area (Å²) < 4.78 is 43.6. The number of carbonyl (C=O) groups excluding carboxylic acids is 1. The molecule has 0 spiro atoms. The summed E-state index contributed by atoms with van der Waals surface area (Å²) in [4.78, 5) is 13.1. The average Bonchev–Trinajstić information content (AvgIpc) is 2.78. The second-order valence-electron chi connectivity index (χ2n) is 7.26. The van der Waals surface area contributed by atoms with Crippen molar-refractivity contribution >= 4 is 43.5 Å². The van der Waals surface area contributed by atoms with Gasteiger partial charge in [0.05, 0.1) is 4.90 Å². The number of nitrogens with zero attached hydrogens (tertiary/aromatic N) is 1. The first-order valence-corrected chi connectivity index (χ1v) is 12.9. The zero-order valence-electron chi connectivity index (χ0n) is 17.8. The molecule has 174 valence electrons. The van der Waals surface area contributed by atoms with Crippen molar-refractivity contribution in [3.05, 3.63) is 99.2 Å². The highest BCUT2D eigenvalue weighted by molar-refractivity contribution is 9.10. The highest BCUT2D eigenvalue weighted by atomic mass is 79.9. The van der Waals surface area contributed by atoms with Crippen LogP contribution in [0.15, 0.2) is 82.2 Å². The first-order valence-electron chi connectivity index (χ1n) is 10.3. The van der Waals surface area contributed by atoms with E-state index in [1.165, 1.54) is 30.3 Å². The number of hydrogen-bond donors (Lipinski definition) is 1. The standard InChI is InChI=1S/C24H23BrClFN2O3S/c1-2-28-24(30)23(18-6-4-3-5-7-18)29(15-14-17-8-9-19(25)16-22(17)27)33(31,32)21-12-10-20(26)11-13-21/h3-13,16,23H,2,14-15H2,1H3,(H,28,30)/t23-/m1/s1. The monoisotopic (exact) mass is 552 g/mol. The van der Waals surface area contributed by atoms with Gasteiger partial charge in [0.15, 0.2) is 0 Å². The van der Waals surface area contributed by atoms with Crippen LogP contribution in [-0.2, 0) is 21.2 Å². The summed E-state index contributed by atoms with van der Waals surface area (Å²) in [5.41, 5.74) is 0.856. The van der Waals surface area contributed by atoms with Crippen LogP contribution >= 0.6 is 27.5 Å². The fourth-order valence-electron chi connectivity index (χ4n) is 3.44. The van der Waals surface area contributed by atoms with Crippen molar-refractivity contribution in [1.82, 2.24) is 9.62 Å². The smallest absolute Gasteiger partial charge is 0.244 e. The molecule has 3 rings (SSSR count). The Kier molecular flexibility index (Phi) is 8.64. The molecule has 0 aliphatic carbocycles. The maximum atomic E-state index is 14.5. The van der Waals surface area contributed by atoms with E-state index in [4.69, 9.17) is 11.6 Å². The number of sulfonamides is 1. The zero-order valence-corrected chi connectivity index (χ0v) is 21.0. The minimum Gasteiger partial charge on any atom is -0.355 e. The molecule has 3 aromatic carbocycles. The van der Waals surface area contributed by atoms with Gasteiger partial charge in [-0.2, -0.15) is 4.31 Å². The molecule has 0 aromatic heterocycles. The Bertz CT molecular complexity index is 1210. The molecule has 0 aliphatic rings. The molecule has 0 radical (unpaired) electrons. The largest absolute Gasteiger partial charge is 0.355 e. The summed E-state index contributed by atoms with van der Waals surface area (Å²) in [6, 6.07) is 17.9. The van der Waals surface area contributed by atoms with Crippen LogP contribution in [0.5, 0.6) is 0 Å². The summed E-state index contributed by atoms with van der Waals surface area (Å²) in [6.07, 6.45) is 0.0780. The number of likely N-dealkylation sites (N-methyl/N-ethyl adjacent to an activating group) is 1. The fourth-order valence-corrected chi connectivity index (χ4v) is 5.48. The van der Waals surface area contributed by atoms with Gasteiger partial charge in [0.2, 0.25) is 15.9 Å². The molecule has 0 bridgehead atoms. The number of rotatable bonds is 9. The Morgan fingerprint density at radius 1 is 1.09 bits per heavy atom. The van der Waals surface area contributed by atoms with Gasteiger partial charge in [0.25, 0.3) is 0 Å². The van der Waals surface area contributed by atoms with Crippen LogP contribution in [0.25, 0.3) is 0 Å². The predicted molar refractivity (Wildman–Crippen MR) is 131 cm³/mol. The van der Waals surface area contributed by atoms with E-state index in [0.717, 1.165) is 4.31 Å². The topological polar surface area (TPSA) is 66.5 Å². The number of halogens is 3. The quantitative estimate of drug-likeness (QED) is 0.388.